The van der Waals surface area contributed by atoms with E-state index in [9.17, 15) is 9.59 Å². The fourth-order valence-electron chi connectivity index (χ4n) is 1.51. The normalized spacial score (nSPS) is 18.9. The molecule has 0 bridgehead atoms. The van der Waals surface area contributed by atoms with Crippen molar-refractivity contribution in [1.29, 1.82) is 0 Å². The second-order valence-corrected chi connectivity index (χ2v) is 3.08. The highest BCUT2D eigenvalue weighted by atomic mass is 16.4. The van der Waals surface area contributed by atoms with Gasteiger partial charge < -0.3 is 10.4 Å². The molecule has 0 aliphatic carbocycles. The Morgan fingerprint density at radius 3 is 3.14 bits per heavy atom. The minimum absolute atomic E-state index is 0.212. The van der Waals surface area contributed by atoms with E-state index in [0.717, 1.165) is 0 Å². The fraction of sp³-hybridized carbons (Fsp3) is 0.222. The van der Waals surface area contributed by atoms with Crippen LogP contribution in [0.3, 0.4) is 0 Å². The zero-order valence-electron chi connectivity index (χ0n) is 7.23. The Hall–Kier alpha value is -1.91. The fourth-order valence-corrected chi connectivity index (χ4v) is 1.51. The van der Waals surface area contributed by atoms with Crippen LogP contribution in [0.2, 0.25) is 0 Å². The number of anilines is 1. The Morgan fingerprint density at radius 2 is 2.43 bits per heavy atom. The number of carbonyl (C=O) groups is 2. The second-order valence-electron chi connectivity index (χ2n) is 3.08. The number of aliphatic carboxylic acids is 1. The van der Waals surface area contributed by atoms with Crippen LogP contribution in [0.1, 0.15) is 18.0 Å². The molecule has 5 nitrogen and oxygen atoms in total. The standard InChI is InChI=1S/C9H8N2O3/c12-7(13)4-5-8-6(11-9(5)14)2-1-3-10-8/h1-3,5H,4H2,(H,11,14)(H,12,13)/t5-/m0/s1. The van der Waals surface area contributed by atoms with Gasteiger partial charge in [-0.25, -0.2) is 0 Å². The zero-order valence-corrected chi connectivity index (χ0v) is 7.23. The molecule has 0 unspecified atom stereocenters. The number of aromatic nitrogens is 1. The monoisotopic (exact) mass is 192 g/mol. The maximum atomic E-state index is 11.4. The number of rotatable bonds is 2. The molecule has 1 aliphatic rings. The zero-order chi connectivity index (χ0) is 10.1. The maximum Gasteiger partial charge on any atom is 0.304 e. The molecule has 2 heterocycles. The van der Waals surface area contributed by atoms with Crippen molar-refractivity contribution in [2.45, 2.75) is 12.3 Å². The van der Waals surface area contributed by atoms with Gasteiger partial charge in [0.2, 0.25) is 5.91 Å². The summed E-state index contributed by atoms with van der Waals surface area (Å²) in [5.74, 6) is -1.94. The van der Waals surface area contributed by atoms with E-state index in [1.165, 1.54) is 0 Å². The van der Waals surface area contributed by atoms with Gasteiger partial charge in [0.15, 0.2) is 0 Å². The molecule has 0 saturated carbocycles. The van der Waals surface area contributed by atoms with Crippen LogP contribution in [0.15, 0.2) is 18.3 Å². The average Bonchev–Trinajstić information content (AvgIpc) is 2.43. The van der Waals surface area contributed by atoms with Crippen LogP contribution in [-0.2, 0) is 9.59 Å². The molecule has 0 aromatic carbocycles. The summed E-state index contributed by atoms with van der Waals surface area (Å²) in [5.41, 5.74) is 1.14. The summed E-state index contributed by atoms with van der Waals surface area (Å²) in [6, 6.07) is 3.41. The highest BCUT2D eigenvalue weighted by molar-refractivity contribution is 6.03. The molecular weight excluding hydrogens is 184 g/mol. The van der Waals surface area contributed by atoms with Crippen molar-refractivity contribution < 1.29 is 14.7 Å². The molecule has 0 spiro atoms. The Morgan fingerprint density at radius 1 is 1.64 bits per heavy atom. The number of amides is 1. The van der Waals surface area contributed by atoms with Crippen LogP contribution in [0.25, 0.3) is 0 Å². The number of carbonyl (C=O) groups excluding carboxylic acids is 1. The molecular formula is C9H8N2O3. The van der Waals surface area contributed by atoms with Crippen molar-refractivity contribution in [1.82, 2.24) is 4.98 Å². The SMILES string of the molecule is O=C(O)C[C@@H]1C(=O)Nc2cccnc21. The first-order chi connectivity index (χ1) is 6.68. The number of nitrogens with zero attached hydrogens (tertiary/aromatic N) is 1. The molecule has 1 amide bonds. The molecule has 0 fully saturated rings. The smallest absolute Gasteiger partial charge is 0.304 e. The van der Waals surface area contributed by atoms with E-state index in [1.54, 1.807) is 18.3 Å². The van der Waals surface area contributed by atoms with Gasteiger partial charge in [-0.15, -0.1) is 0 Å². The molecule has 0 saturated heterocycles. The lowest BCUT2D eigenvalue weighted by Gasteiger charge is -2.02. The summed E-state index contributed by atoms with van der Waals surface area (Å²) in [4.78, 5) is 25.9. The van der Waals surface area contributed by atoms with E-state index in [1.807, 2.05) is 0 Å². The maximum absolute atomic E-state index is 11.4. The van der Waals surface area contributed by atoms with E-state index < -0.39 is 11.9 Å². The van der Waals surface area contributed by atoms with Crippen LogP contribution in [0.5, 0.6) is 0 Å². The van der Waals surface area contributed by atoms with Crippen molar-refractivity contribution in [3.63, 3.8) is 0 Å². The van der Waals surface area contributed by atoms with Crippen molar-refractivity contribution in [2.24, 2.45) is 0 Å². The first kappa shape index (κ1) is 8.68. The number of hydrogen-bond donors (Lipinski definition) is 2. The summed E-state index contributed by atoms with van der Waals surface area (Å²) in [6.45, 7) is 0. The van der Waals surface area contributed by atoms with Crippen LogP contribution in [0.4, 0.5) is 5.69 Å². The molecule has 1 aromatic rings. The third-order valence-corrected chi connectivity index (χ3v) is 2.12. The molecule has 5 heteroatoms. The number of nitrogens with one attached hydrogen (secondary N) is 1. The summed E-state index contributed by atoms with van der Waals surface area (Å²) >= 11 is 0. The van der Waals surface area contributed by atoms with E-state index >= 15 is 0 Å². The lowest BCUT2D eigenvalue weighted by molar-refractivity contribution is -0.138. The van der Waals surface area contributed by atoms with Crippen molar-refractivity contribution in [2.75, 3.05) is 5.32 Å². The van der Waals surface area contributed by atoms with Gasteiger partial charge in [0, 0.05) is 6.20 Å². The highest BCUT2D eigenvalue weighted by Crippen LogP contribution is 2.32. The summed E-state index contributed by atoms with van der Waals surface area (Å²) < 4.78 is 0. The number of carboxylic acids is 1. The first-order valence-electron chi connectivity index (χ1n) is 4.16. The van der Waals surface area contributed by atoms with Crippen molar-refractivity contribution in [3.05, 3.63) is 24.0 Å². The molecule has 0 radical (unpaired) electrons. The molecule has 2 N–H and O–H groups in total. The van der Waals surface area contributed by atoms with E-state index in [4.69, 9.17) is 5.11 Å². The highest BCUT2D eigenvalue weighted by Gasteiger charge is 2.33. The van der Waals surface area contributed by atoms with Crippen LogP contribution in [0, 0.1) is 0 Å². The molecule has 72 valence electrons. The topological polar surface area (TPSA) is 79.3 Å². The van der Waals surface area contributed by atoms with Crippen molar-refractivity contribution >= 4 is 17.6 Å². The molecule has 1 atom stereocenters. The Labute approximate surface area is 79.8 Å². The Bertz CT molecular complexity index is 403. The predicted molar refractivity (Wildman–Crippen MR) is 47.9 cm³/mol. The molecule has 2 rings (SSSR count). The first-order valence-corrected chi connectivity index (χ1v) is 4.16. The van der Waals surface area contributed by atoms with Gasteiger partial charge in [-0.3, -0.25) is 14.6 Å². The molecule has 1 aromatic heterocycles. The van der Waals surface area contributed by atoms with Crippen molar-refractivity contribution in [3.8, 4) is 0 Å². The third kappa shape index (κ3) is 1.32. The quantitative estimate of drug-likeness (QED) is 0.718. The average molecular weight is 192 g/mol. The van der Waals surface area contributed by atoms with Gasteiger partial charge in [-0.1, -0.05) is 0 Å². The lowest BCUT2D eigenvalue weighted by Crippen LogP contribution is -2.15. The van der Waals surface area contributed by atoms with Gasteiger partial charge in [0.25, 0.3) is 0 Å². The minimum atomic E-state index is -0.997. The largest absolute Gasteiger partial charge is 0.481 e. The lowest BCUT2D eigenvalue weighted by atomic mass is 10.0. The van der Waals surface area contributed by atoms with Crippen LogP contribution < -0.4 is 5.32 Å². The Balaban J connectivity index is 2.34. The van der Waals surface area contributed by atoms with Gasteiger partial charge in [0.05, 0.1) is 23.7 Å². The second kappa shape index (κ2) is 3.10. The summed E-state index contributed by atoms with van der Waals surface area (Å²) in [5, 5.41) is 11.2. The van der Waals surface area contributed by atoms with Gasteiger partial charge >= 0.3 is 5.97 Å². The minimum Gasteiger partial charge on any atom is -0.481 e. The van der Waals surface area contributed by atoms with Gasteiger partial charge in [0.1, 0.15) is 0 Å². The van der Waals surface area contributed by atoms with Gasteiger partial charge in [-0.05, 0) is 12.1 Å². The summed E-state index contributed by atoms with van der Waals surface area (Å²) in [6.07, 6.45) is 1.34. The Kier molecular flexibility index (Phi) is 1.92. The molecule has 1 aliphatic heterocycles. The van der Waals surface area contributed by atoms with Crippen LogP contribution in [-0.4, -0.2) is 22.0 Å². The van der Waals surface area contributed by atoms with E-state index in [-0.39, 0.29) is 12.3 Å². The third-order valence-electron chi connectivity index (χ3n) is 2.12. The van der Waals surface area contributed by atoms with Crippen LogP contribution >= 0.6 is 0 Å². The predicted octanol–water partition coefficient (Wildman–Crippen LogP) is 0.592. The number of hydrogen-bond acceptors (Lipinski definition) is 3. The van der Waals surface area contributed by atoms with E-state index in [2.05, 4.69) is 10.3 Å². The number of carboxylic acid groups (broad SMARTS) is 1. The summed E-state index contributed by atoms with van der Waals surface area (Å²) in [7, 11) is 0. The van der Waals surface area contributed by atoms with Gasteiger partial charge in [-0.2, -0.15) is 0 Å². The van der Waals surface area contributed by atoms with E-state index in [0.29, 0.717) is 11.4 Å². The number of pyridine rings is 1. The molecule has 14 heavy (non-hydrogen) atoms. The number of fused-ring (bicyclic) bond motifs is 1.